The van der Waals surface area contributed by atoms with Gasteiger partial charge in [-0.15, -0.1) is 0 Å². The molecular weight excluding hydrogens is 166 g/mol. The van der Waals surface area contributed by atoms with Crippen LogP contribution in [0.5, 0.6) is 5.75 Å². The highest BCUT2D eigenvalue weighted by atomic mass is 16.3. The van der Waals surface area contributed by atoms with E-state index in [-0.39, 0.29) is 5.75 Å². The number of benzene rings is 1. The lowest BCUT2D eigenvalue weighted by atomic mass is 10.0. The third kappa shape index (κ3) is 1.53. The Morgan fingerprint density at radius 3 is 2.23 bits per heavy atom. The van der Waals surface area contributed by atoms with Crippen molar-refractivity contribution in [2.24, 2.45) is 5.73 Å². The van der Waals surface area contributed by atoms with Crippen molar-refractivity contribution in [1.29, 1.82) is 0 Å². The van der Waals surface area contributed by atoms with Crippen LogP contribution in [0.25, 0.3) is 0 Å². The van der Waals surface area contributed by atoms with Gasteiger partial charge < -0.3 is 15.9 Å². The van der Waals surface area contributed by atoms with Gasteiger partial charge in [0.2, 0.25) is 0 Å². The summed E-state index contributed by atoms with van der Waals surface area (Å²) in [6, 6.07) is 6.52. The average molecular weight is 179 g/mol. The molecule has 0 amide bonds. The Morgan fingerprint density at radius 1 is 1.23 bits per heavy atom. The van der Waals surface area contributed by atoms with E-state index in [1.165, 1.54) is 0 Å². The molecule has 1 aliphatic rings. The van der Waals surface area contributed by atoms with Crippen molar-refractivity contribution in [1.82, 2.24) is 0 Å². The molecule has 1 atom stereocenters. The van der Waals surface area contributed by atoms with Gasteiger partial charge in [0.05, 0.1) is 6.10 Å². The first-order valence-corrected chi connectivity index (χ1v) is 4.38. The zero-order chi connectivity index (χ0) is 9.47. The summed E-state index contributed by atoms with van der Waals surface area (Å²) in [4.78, 5) is 0. The third-order valence-corrected chi connectivity index (χ3v) is 2.58. The van der Waals surface area contributed by atoms with Gasteiger partial charge in [-0.3, -0.25) is 0 Å². The summed E-state index contributed by atoms with van der Waals surface area (Å²) in [5.74, 6) is 0.206. The second kappa shape index (κ2) is 2.72. The van der Waals surface area contributed by atoms with Crippen LogP contribution in [0.1, 0.15) is 24.5 Å². The standard InChI is InChI=1S/C10H13NO2/c11-10(5-6-10)9(13)7-1-3-8(12)4-2-7/h1-4,9,12-13H,5-6,11H2. The monoisotopic (exact) mass is 179 g/mol. The van der Waals surface area contributed by atoms with Gasteiger partial charge in [0.15, 0.2) is 0 Å². The lowest BCUT2D eigenvalue weighted by molar-refractivity contribution is 0.136. The highest BCUT2D eigenvalue weighted by Gasteiger charge is 2.45. The SMILES string of the molecule is NC1(C(O)c2ccc(O)cc2)CC1. The maximum absolute atomic E-state index is 9.80. The van der Waals surface area contributed by atoms with E-state index in [9.17, 15) is 5.11 Å². The van der Waals surface area contributed by atoms with Crippen molar-refractivity contribution < 1.29 is 10.2 Å². The molecule has 0 radical (unpaired) electrons. The van der Waals surface area contributed by atoms with Gasteiger partial charge in [-0.05, 0) is 30.5 Å². The summed E-state index contributed by atoms with van der Waals surface area (Å²) < 4.78 is 0. The smallest absolute Gasteiger partial charge is 0.115 e. The van der Waals surface area contributed by atoms with E-state index in [4.69, 9.17) is 10.8 Å². The number of aliphatic hydroxyl groups is 1. The van der Waals surface area contributed by atoms with Crippen molar-refractivity contribution in [2.75, 3.05) is 0 Å². The Bertz CT molecular complexity index is 303. The number of nitrogens with two attached hydrogens (primary N) is 1. The van der Waals surface area contributed by atoms with E-state index in [1.54, 1.807) is 24.3 Å². The average Bonchev–Trinajstić information content (AvgIpc) is 2.85. The van der Waals surface area contributed by atoms with Crippen LogP contribution in [-0.4, -0.2) is 15.8 Å². The molecule has 2 rings (SSSR count). The molecule has 70 valence electrons. The normalized spacial score (nSPS) is 21.1. The van der Waals surface area contributed by atoms with Gasteiger partial charge in [0.25, 0.3) is 0 Å². The quantitative estimate of drug-likeness (QED) is 0.632. The summed E-state index contributed by atoms with van der Waals surface area (Å²) in [7, 11) is 0. The van der Waals surface area contributed by atoms with Crippen molar-refractivity contribution >= 4 is 0 Å². The van der Waals surface area contributed by atoms with Gasteiger partial charge >= 0.3 is 0 Å². The van der Waals surface area contributed by atoms with Crippen LogP contribution in [0.4, 0.5) is 0 Å². The van der Waals surface area contributed by atoms with Gasteiger partial charge in [0, 0.05) is 5.54 Å². The molecule has 0 bridgehead atoms. The Kier molecular flexibility index (Phi) is 1.78. The number of phenolic OH excluding ortho intramolecular Hbond substituents is 1. The van der Waals surface area contributed by atoms with Gasteiger partial charge in [-0.1, -0.05) is 12.1 Å². The largest absolute Gasteiger partial charge is 0.508 e. The number of aliphatic hydroxyl groups excluding tert-OH is 1. The molecule has 13 heavy (non-hydrogen) atoms. The summed E-state index contributed by atoms with van der Waals surface area (Å²) >= 11 is 0. The fraction of sp³-hybridized carbons (Fsp3) is 0.400. The first kappa shape index (κ1) is 8.53. The molecule has 1 saturated carbocycles. The molecule has 1 unspecified atom stereocenters. The van der Waals surface area contributed by atoms with Crippen LogP contribution >= 0.6 is 0 Å². The van der Waals surface area contributed by atoms with Crippen molar-refractivity contribution in [3.05, 3.63) is 29.8 Å². The molecule has 1 fully saturated rings. The third-order valence-electron chi connectivity index (χ3n) is 2.58. The predicted octanol–water partition coefficient (Wildman–Crippen LogP) is 0.917. The Hall–Kier alpha value is -1.06. The number of aromatic hydroxyl groups is 1. The highest BCUT2D eigenvalue weighted by Crippen LogP contribution is 2.43. The van der Waals surface area contributed by atoms with E-state index in [1.807, 2.05) is 0 Å². The van der Waals surface area contributed by atoms with Crippen molar-refractivity contribution in [2.45, 2.75) is 24.5 Å². The zero-order valence-electron chi connectivity index (χ0n) is 7.27. The lowest BCUT2D eigenvalue weighted by Crippen LogP contribution is -2.30. The van der Waals surface area contributed by atoms with Crippen LogP contribution in [0.15, 0.2) is 24.3 Å². The Morgan fingerprint density at radius 2 is 1.77 bits per heavy atom. The van der Waals surface area contributed by atoms with E-state index in [0.29, 0.717) is 0 Å². The summed E-state index contributed by atoms with van der Waals surface area (Å²) in [5, 5.41) is 18.8. The molecule has 1 aromatic rings. The van der Waals surface area contributed by atoms with Gasteiger partial charge in [-0.25, -0.2) is 0 Å². The fourth-order valence-corrected chi connectivity index (χ4v) is 1.41. The molecule has 3 heteroatoms. The molecule has 0 aromatic heterocycles. The summed E-state index contributed by atoms with van der Waals surface area (Å²) in [6.45, 7) is 0. The maximum atomic E-state index is 9.80. The van der Waals surface area contributed by atoms with E-state index < -0.39 is 11.6 Å². The number of hydrogen-bond donors (Lipinski definition) is 3. The molecule has 0 heterocycles. The first-order valence-electron chi connectivity index (χ1n) is 4.38. The first-order chi connectivity index (χ1) is 6.12. The van der Waals surface area contributed by atoms with Gasteiger partial charge in [0.1, 0.15) is 5.75 Å². The topological polar surface area (TPSA) is 66.5 Å². The molecular formula is C10H13NO2. The van der Waals surface area contributed by atoms with E-state index in [0.717, 1.165) is 18.4 Å². The van der Waals surface area contributed by atoms with Crippen molar-refractivity contribution in [3.8, 4) is 5.75 Å². The van der Waals surface area contributed by atoms with E-state index >= 15 is 0 Å². The van der Waals surface area contributed by atoms with Gasteiger partial charge in [-0.2, -0.15) is 0 Å². The number of phenols is 1. The minimum atomic E-state index is -0.604. The van der Waals surface area contributed by atoms with Crippen molar-refractivity contribution in [3.63, 3.8) is 0 Å². The molecule has 1 aliphatic carbocycles. The molecule has 0 spiro atoms. The van der Waals surface area contributed by atoms with Crippen LogP contribution in [0.2, 0.25) is 0 Å². The minimum absolute atomic E-state index is 0.206. The number of hydrogen-bond acceptors (Lipinski definition) is 3. The molecule has 4 N–H and O–H groups in total. The van der Waals surface area contributed by atoms with Crippen LogP contribution < -0.4 is 5.73 Å². The molecule has 1 aromatic carbocycles. The molecule has 0 aliphatic heterocycles. The number of rotatable bonds is 2. The fourth-order valence-electron chi connectivity index (χ4n) is 1.41. The lowest BCUT2D eigenvalue weighted by Gasteiger charge is -2.17. The van der Waals surface area contributed by atoms with Crippen LogP contribution in [0, 0.1) is 0 Å². The Balaban J connectivity index is 2.20. The Labute approximate surface area is 76.8 Å². The molecule has 3 nitrogen and oxygen atoms in total. The summed E-state index contributed by atoms with van der Waals surface area (Å²) in [5.41, 5.74) is 6.20. The highest BCUT2D eigenvalue weighted by molar-refractivity contribution is 5.30. The van der Waals surface area contributed by atoms with Crippen LogP contribution in [0.3, 0.4) is 0 Å². The predicted molar refractivity (Wildman–Crippen MR) is 49.2 cm³/mol. The molecule has 0 saturated heterocycles. The van der Waals surface area contributed by atoms with Crippen LogP contribution in [-0.2, 0) is 0 Å². The second-order valence-corrected chi connectivity index (χ2v) is 3.73. The zero-order valence-corrected chi connectivity index (χ0v) is 7.27. The maximum Gasteiger partial charge on any atom is 0.115 e. The summed E-state index contributed by atoms with van der Waals surface area (Å²) in [6.07, 6.45) is 1.14. The minimum Gasteiger partial charge on any atom is -0.508 e. The second-order valence-electron chi connectivity index (χ2n) is 3.73. The van der Waals surface area contributed by atoms with E-state index in [2.05, 4.69) is 0 Å².